The van der Waals surface area contributed by atoms with Gasteiger partial charge < -0.3 is 5.32 Å². The first-order chi connectivity index (χ1) is 9.65. The van der Waals surface area contributed by atoms with E-state index in [9.17, 15) is 8.78 Å². The number of nitrogens with one attached hydrogen (secondary N) is 1. The van der Waals surface area contributed by atoms with E-state index < -0.39 is 6.43 Å². The topological polar surface area (TPSA) is 29.3 Å². The van der Waals surface area contributed by atoms with E-state index in [1.54, 1.807) is 10.5 Å². The number of aromatic nitrogens is 2. The second-order valence-electron chi connectivity index (χ2n) is 5.02. The van der Waals surface area contributed by atoms with Crippen LogP contribution in [-0.2, 0) is 0 Å². The zero-order valence-corrected chi connectivity index (χ0v) is 11.9. The summed E-state index contributed by atoms with van der Waals surface area (Å²) in [5, 5.41) is 3.45. The molecular formula is C15H21F2N3. The molecule has 0 spiro atoms. The van der Waals surface area contributed by atoms with Crippen molar-refractivity contribution in [1.29, 1.82) is 0 Å². The van der Waals surface area contributed by atoms with Crippen molar-refractivity contribution < 1.29 is 8.78 Å². The van der Waals surface area contributed by atoms with Gasteiger partial charge in [0.2, 0.25) is 0 Å². The lowest BCUT2D eigenvalue weighted by atomic mass is 10.1. The number of alkyl halides is 2. The molecule has 0 aliphatic rings. The standard InChI is InChI=1S/C15H21F2N3/c1-3-6-11(7-4-2)18-13-8-5-9-14-19-12(15(16)17)10-20(13)14/h5,8-11,15,18H,3-4,6-7H2,1-2H3. The lowest BCUT2D eigenvalue weighted by Crippen LogP contribution is -2.20. The molecule has 0 amide bonds. The molecule has 1 N–H and O–H groups in total. The Hall–Kier alpha value is -1.65. The van der Waals surface area contributed by atoms with Crippen molar-refractivity contribution in [3.8, 4) is 0 Å². The Morgan fingerprint density at radius 1 is 1.20 bits per heavy atom. The summed E-state index contributed by atoms with van der Waals surface area (Å²) in [5.74, 6) is 0.828. The van der Waals surface area contributed by atoms with Gasteiger partial charge in [0.15, 0.2) is 0 Å². The highest BCUT2D eigenvalue weighted by Crippen LogP contribution is 2.22. The number of imidazole rings is 1. The number of anilines is 1. The third kappa shape index (κ3) is 3.26. The molecule has 0 atom stereocenters. The van der Waals surface area contributed by atoms with E-state index in [2.05, 4.69) is 24.1 Å². The van der Waals surface area contributed by atoms with E-state index in [0.29, 0.717) is 11.7 Å². The van der Waals surface area contributed by atoms with Crippen molar-refractivity contribution in [2.75, 3.05) is 5.32 Å². The van der Waals surface area contributed by atoms with Crippen LogP contribution in [0.4, 0.5) is 14.6 Å². The van der Waals surface area contributed by atoms with Gasteiger partial charge in [-0.3, -0.25) is 4.40 Å². The molecule has 5 heteroatoms. The van der Waals surface area contributed by atoms with Crippen LogP contribution in [-0.4, -0.2) is 15.4 Å². The minimum atomic E-state index is -2.54. The van der Waals surface area contributed by atoms with Gasteiger partial charge in [-0.1, -0.05) is 32.8 Å². The van der Waals surface area contributed by atoms with Gasteiger partial charge >= 0.3 is 0 Å². The van der Waals surface area contributed by atoms with E-state index in [1.807, 2.05) is 12.1 Å². The van der Waals surface area contributed by atoms with Crippen molar-refractivity contribution >= 4 is 11.5 Å². The van der Waals surface area contributed by atoms with Crippen molar-refractivity contribution in [2.45, 2.75) is 52.0 Å². The Morgan fingerprint density at radius 2 is 1.90 bits per heavy atom. The third-order valence-electron chi connectivity index (χ3n) is 3.36. The maximum Gasteiger partial charge on any atom is 0.281 e. The predicted molar refractivity (Wildman–Crippen MR) is 77.4 cm³/mol. The fourth-order valence-corrected chi connectivity index (χ4v) is 2.45. The van der Waals surface area contributed by atoms with Crippen LogP contribution in [0, 0.1) is 0 Å². The molecule has 3 nitrogen and oxygen atoms in total. The summed E-state index contributed by atoms with van der Waals surface area (Å²) in [6.45, 7) is 4.30. The fourth-order valence-electron chi connectivity index (χ4n) is 2.45. The Kier molecular flexibility index (Phi) is 4.93. The summed E-state index contributed by atoms with van der Waals surface area (Å²) in [5.41, 5.74) is 0.374. The average Bonchev–Trinajstić information content (AvgIpc) is 2.84. The first-order valence-electron chi connectivity index (χ1n) is 7.18. The molecule has 2 heterocycles. The van der Waals surface area contributed by atoms with Gasteiger partial charge in [-0.15, -0.1) is 0 Å². The van der Waals surface area contributed by atoms with Crippen LogP contribution in [0.5, 0.6) is 0 Å². The Morgan fingerprint density at radius 3 is 2.50 bits per heavy atom. The van der Waals surface area contributed by atoms with Crippen LogP contribution in [0.15, 0.2) is 24.4 Å². The molecule has 0 aliphatic heterocycles. The van der Waals surface area contributed by atoms with Crippen LogP contribution in [0.3, 0.4) is 0 Å². The number of hydrogen-bond acceptors (Lipinski definition) is 2. The summed E-state index contributed by atoms with van der Waals surface area (Å²) < 4.78 is 27.2. The van der Waals surface area contributed by atoms with Gasteiger partial charge in [-0.2, -0.15) is 0 Å². The van der Waals surface area contributed by atoms with Gasteiger partial charge in [0.05, 0.1) is 0 Å². The normalized spacial score (nSPS) is 11.7. The number of nitrogens with zero attached hydrogens (tertiary/aromatic N) is 2. The van der Waals surface area contributed by atoms with E-state index >= 15 is 0 Å². The number of pyridine rings is 1. The fraction of sp³-hybridized carbons (Fsp3) is 0.533. The molecule has 0 aromatic carbocycles. The number of fused-ring (bicyclic) bond motifs is 1. The highest BCUT2D eigenvalue weighted by atomic mass is 19.3. The summed E-state index contributed by atoms with van der Waals surface area (Å²) in [7, 11) is 0. The predicted octanol–water partition coefficient (Wildman–Crippen LogP) is 4.65. The second-order valence-corrected chi connectivity index (χ2v) is 5.02. The molecule has 2 aromatic heterocycles. The summed E-state index contributed by atoms with van der Waals surface area (Å²) in [6, 6.07) is 5.86. The Labute approximate surface area is 118 Å². The summed E-state index contributed by atoms with van der Waals surface area (Å²) in [4.78, 5) is 3.95. The lowest BCUT2D eigenvalue weighted by molar-refractivity contribution is 0.147. The van der Waals surface area contributed by atoms with E-state index in [4.69, 9.17) is 0 Å². The van der Waals surface area contributed by atoms with Crippen molar-refractivity contribution in [1.82, 2.24) is 9.38 Å². The van der Waals surface area contributed by atoms with Crippen molar-refractivity contribution in [3.63, 3.8) is 0 Å². The minimum Gasteiger partial charge on any atom is -0.368 e. The first-order valence-corrected chi connectivity index (χ1v) is 7.18. The molecule has 20 heavy (non-hydrogen) atoms. The molecule has 2 aromatic rings. The highest BCUT2D eigenvalue weighted by molar-refractivity contribution is 5.51. The molecule has 0 saturated heterocycles. The molecule has 2 rings (SSSR count). The van der Waals surface area contributed by atoms with Crippen LogP contribution >= 0.6 is 0 Å². The molecule has 0 saturated carbocycles. The zero-order chi connectivity index (χ0) is 14.5. The van der Waals surface area contributed by atoms with E-state index in [1.165, 1.54) is 6.20 Å². The molecule has 0 fully saturated rings. The lowest BCUT2D eigenvalue weighted by Gasteiger charge is -2.19. The zero-order valence-electron chi connectivity index (χ0n) is 11.9. The number of hydrogen-bond donors (Lipinski definition) is 1. The Balaban J connectivity index is 2.28. The van der Waals surface area contributed by atoms with Gasteiger partial charge in [-0.05, 0) is 25.0 Å². The quantitative estimate of drug-likeness (QED) is 0.800. The van der Waals surface area contributed by atoms with Crippen LogP contribution < -0.4 is 5.32 Å². The Bertz CT molecular complexity index is 545. The summed E-state index contributed by atoms with van der Waals surface area (Å²) >= 11 is 0. The second kappa shape index (κ2) is 6.68. The van der Waals surface area contributed by atoms with Crippen molar-refractivity contribution in [3.05, 3.63) is 30.1 Å². The van der Waals surface area contributed by atoms with Gasteiger partial charge in [0.1, 0.15) is 17.2 Å². The maximum absolute atomic E-state index is 12.7. The van der Waals surface area contributed by atoms with Crippen molar-refractivity contribution in [2.24, 2.45) is 0 Å². The van der Waals surface area contributed by atoms with Gasteiger partial charge in [-0.25, -0.2) is 13.8 Å². The third-order valence-corrected chi connectivity index (χ3v) is 3.36. The largest absolute Gasteiger partial charge is 0.368 e. The minimum absolute atomic E-state index is 0.179. The number of rotatable bonds is 7. The van der Waals surface area contributed by atoms with Crippen LogP contribution in [0.2, 0.25) is 0 Å². The number of halogens is 2. The monoisotopic (exact) mass is 281 g/mol. The molecule has 0 unspecified atom stereocenters. The first kappa shape index (κ1) is 14.8. The molecule has 0 radical (unpaired) electrons. The van der Waals surface area contributed by atoms with Crippen LogP contribution in [0.25, 0.3) is 5.65 Å². The maximum atomic E-state index is 12.7. The highest BCUT2D eigenvalue weighted by Gasteiger charge is 2.14. The summed E-state index contributed by atoms with van der Waals surface area (Å²) in [6.07, 6.45) is 3.21. The molecule has 0 aliphatic carbocycles. The van der Waals surface area contributed by atoms with E-state index in [-0.39, 0.29) is 5.69 Å². The molecule has 110 valence electrons. The van der Waals surface area contributed by atoms with Gasteiger partial charge in [0, 0.05) is 12.2 Å². The molecular weight excluding hydrogens is 260 g/mol. The smallest absolute Gasteiger partial charge is 0.281 e. The van der Waals surface area contributed by atoms with Gasteiger partial charge in [0.25, 0.3) is 6.43 Å². The SMILES string of the molecule is CCCC(CCC)Nc1cccc2nc(C(F)F)cn12. The van der Waals surface area contributed by atoms with E-state index in [0.717, 1.165) is 31.5 Å². The average molecular weight is 281 g/mol. The van der Waals surface area contributed by atoms with Crippen LogP contribution in [0.1, 0.15) is 51.7 Å². The molecule has 0 bridgehead atoms.